The van der Waals surface area contributed by atoms with E-state index in [4.69, 9.17) is 0 Å². The van der Waals surface area contributed by atoms with E-state index in [0.29, 0.717) is 0 Å². The lowest BCUT2D eigenvalue weighted by molar-refractivity contribution is -0.688. The molecule has 66 heavy (non-hydrogen) atoms. The molecule has 6 aromatic carbocycles. The average Bonchev–Trinajstić information content (AvgIpc) is 3.30. The van der Waals surface area contributed by atoms with Crippen LogP contribution in [0.25, 0.3) is 11.3 Å². The predicted molar refractivity (Wildman–Crippen MR) is 194 cm³/mol. The van der Waals surface area contributed by atoms with Gasteiger partial charge in [0, 0.05) is 11.1 Å². The average molecular weight is 954 g/mol. The maximum atomic E-state index is 15.4. The first kappa shape index (κ1) is 48.5. The summed E-state index contributed by atoms with van der Waals surface area (Å²) in [6.07, 6.45) is -1.21. The summed E-state index contributed by atoms with van der Waals surface area (Å²) in [6, 6.07) is 17.0. The number of benzene rings is 6. The molecule has 0 N–H and O–H groups in total. The fourth-order valence-electron chi connectivity index (χ4n) is 7.35. The van der Waals surface area contributed by atoms with E-state index >= 15 is 35.1 Å². The highest BCUT2D eigenvalue weighted by Gasteiger charge is 2.52. The Balaban J connectivity index is 0.000000284. The molecule has 0 aliphatic heterocycles. The lowest BCUT2D eigenvalue weighted by atomic mass is 9.12. The topological polar surface area (TPSA) is 16.8 Å². The van der Waals surface area contributed by atoms with Gasteiger partial charge in [-0.1, -0.05) is 48.0 Å². The number of halogens is 20. The first-order valence-corrected chi connectivity index (χ1v) is 18.1. The van der Waals surface area contributed by atoms with Crippen LogP contribution >= 0.6 is 0 Å². The van der Waals surface area contributed by atoms with Crippen LogP contribution in [0.15, 0.2) is 67.1 Å². The van der Waals surface area contributed by atoms with Crippen LogP contribution in [0.4, 0.5) is 87.8 Å². The Bertz CT molecular complexity index is 2710. The van der Waals surface area contributed by atoms with Gasteiger partial charge in [0.05, 0.1) is 6.20 Å². The molecule has 0 saturated carbocycles. The number of aromatic nitrogens is 2. The zero-order valence-corrected chi connectivity index (χ0v) is 32.6. The molecule has 7 rings (SSSR count). The summed E-state index contributed by atoms with van der Waals surface area (Å²) in [7, 11) is 0. The standard InChI is InChI=1S/C24BF20.C19H19N2/c26-5-1(6(27)14(35)21(42)13(5)34)25(2-7(28)15(36)22(43)16(37)8(2)29,3-9(30)17(38)23(44)18(39)10(3)31)4-11(32)19(40)24(45)20(41)12(4)33;1-15-8-9-16(2)18(12-15)19-14-21(11-10-20-19)13-17-6-4-3-5-7-17/h;3-12,14H,13H2,1-2H3/q-1;+1. The minimum atomic E-state index is -7.22. The summed E-state index contributed by atoms with van der Waals surface area (Å²) in [5.74, 6) is -71.4. The Morgan fingerprint density at radius 3 is 1.06 bits per heavy atom. The maximum Gasteiger partial charge on any atom is 0.200 e. The molecule has 0 aliphatic rings. The number of hydrogen-bond acceptors (Lipinski definition) is 1. The third-order valence-electron chi connectivity index (χ3n) is 10.3. The number of nitrogens with zero attached hydrogens (tertiary/aromatic N) is 2. The molecule has 0 saturated heterocycles. The van der Waals surface area contributed by atoms with Gasteiger partial charge in [0.2, 0.25) is 0 Å². The van der Waals surface area contributed by atoms with Gasteiger partial charge < -0.3 is 0 Å². The van der Waals surface area contributed by atoms with E-state index in [2.05, 4.69) is 72.1 Å². The molecule has 0 fully saturated rings. The van der Waals surface area contributed by atoms with Crippen molar-refractivity contribution < 1.29 is 92.4 Å². The van der Waals surface area contributed by atoms with Crippen LogP contribution in [0.5, 0.6) is 0 Å². The van der Waals surface area contributed by atoms with Gasteiger partial charge in [0.15, 0.2) is 88.7 Å². The highest BCUT2D eigenvalue weighted by molar-refractivity contribution is 7.20. The molecule has 0 amide bonds. The van der Waals surface area contributed by atoms with Crippen molar-refractivity contribution in [2.75, 3.05) is 0 Å². The lowest BCUT2D eigenvalue weighted by Gasteiger charge is -2.44. The van der Waals surface area contributed by atoms with Crippen molar-refractivity contribution in [3.8, 4) is 11.3 Å². The van der Waals surface area contributed by atoms with Gasteiger partial charge in [-0.15, -0.1) is 21.9 Å². The van der Waals surface area contributed by atoms with Crippen LogP contribution in [0.3, 0.4) is 0 Å². The van der Waals surface area contributed by atoms with Crippen molar-refractivity contribution in [1.29, 1.82) is 0 Å². The van der Waals surface area contributed by atoms with E-state index in [1.807, 2.05) is 18.5 Å². The van der Waals surface area contributed by atoms with Crippen molar-refractivity contribution in [2.24, 2.45) is 0 Å². The van der Waals surface area contributed by atoms with Crippen LogP contribution in [0, 0.1) is 130 Å². The monoisotopic (exact) mass is 954 g/mol. The predicted octanol–water partition coefficient (Wildman–Crippen LogP) is 9.55. The van der Waals surface area contributed by atoms with Crippen molar-refractivity contribution in [2.45, 2.75) is 20.4 Å². The first-order valence-electron chi connectivity index (χ1n) is 18.1. The SMILES string of the molecule is Cc1ccc(C)c(-c2c[n+](Cc3ccccc3)ccn2)c1.Fc1c(F)c(F)c([B-](c2c(F)c(F)c(F)c(F)c2F)(c2c(F)c(F)c(F)c(F)c2F)c2c(F)c(F)c(F)c(F)c2F)c(F)c1F. The van der Waals surface area contributed by atoms with Crippen LogP contribution in [0.2, 0.25) is 0 Å². The van der Waals surface area contributed by atoms with Gasteiger partial charge in [0.25, 0.3) is 0 Å². The van der Waals surface area contributed by atoms with E-state index in [9.17, 15) is 52.7 Å². The van der Waals surface area contributed by atoms with E-state index in [1.165, 1.54) is 22.3 Å². The summed E-state index contributed by atoms with van der Waals surface area (Å²) in [4.78, 5) is 4.53. The normalized spacial score (nSPS) is 11.5. The molecule has 344 valence electrons. The van der Waals surface area contributed by atoms with Gasteiger partial charge in [-0.3, -0.25) is 0 Å². The second kappa shape index (κ2) is 18.2. The van der Waals surface area contributed by atoms with Crippen molar-refractivity contribution in [3.05, 3.63) is 200 Å². The summed E-state index contributed by atoms with van der Waals surface area (Å²) in [5.41, 5.74) is -8.29. The fourth-order valence-corrected chi connectivity index (χ4v) is 7.35. The zero-order valence-electron chi connectivity index (χ0n) is 32.6. The smallest absolute Gasteiger partial charge is 0.200 e. The molecule has 0 atom stereocenters. The fraction of sp³-hybridized carbons (Fsp3) is 0.0698. The molecule has 23 heteroatoms. The molecule has 7 aromatic rings. The van der Waals surface area contributed by atoms with E-state index in [1.54, 1.807) is 0 Å². The molecular weight excluding hydrogens is 935 g/mol. The van der Waals surface area contributed by atoms with Crippen molar-refractivity contribution in [3.63, 3.8) is 0 Å². The molecular formula is C43H19BF20N2. The third kappa shape index (κ3) is 7.76. The van der Waals surface area contributed by atoms with Gasteiger partial charge >= 0.3 is 0 Å². The third-order valence-corrected chi connectivity index (χ3v) is 10.3. The van der Waals surface area contributed by atoms with Crippen molar-refractivity contribution >= 4 is 28.0 Å². The second-order valence-corrected chi connectivity index (χ2v) is 14.2. The molecule has 0 bridgehead atoms. The van der Waals surface area contributed by atoms with E-state index in [-0.39, 0.29) is 0 Å². The van der Waals surface area contributed by atoms with E-state index in [0.717, 1.165) is 12.2 Å². The Morgan fingerprint density at radius 1 is 0.409 bits per heavy atom. The molecule has 1 aromatic heterocycles. The lowest BCUT2D eigenvalue weighted by Crippen LogP contribution is -2.81. The van der Waals surface area contributed by atoms with Gasteiger partial charge in [0.1, 0.15) is 58.4 Å². The quantitative estimate of drug-likeness (QED) is 0.0512. The number of aryl methyl sites for hydroxylation is 2. The highest BCUT2D eigenvalue weighted by Crippen LogP contribution is 2.31. The van der Waals surface area contributed by atoms with Gasteiger partial charge in [-0.2, -0.15) is 4.57 Å². The maximum absolute atomic E-state index is 15.4. The van der Waals surface area contributed by atoms with Crippen LogP contribution in [0.1, 0.15) is 16.7 Å². The number of rotatable bonds is 7. The first-order chi connectivity index (χ1) is 30.9. The molecule has 0 radical (unpaired) electrons. The van der Waals surface area contributed by atoms with Crippen LogP contribution < -0.4 is 26.4 Å². The Hall–Kier alpha value is -6.94. The minimum Gasteiger partial charge on any atom is -0.244 e. The minimum absolute atomic E-state index is 0.862. The van der Waals surface area contributed by atoms with Crippen molar-refractivity contribution in [1.82, 2.24) is 4.98 Å². The molecule has 0 spiro atoms. The Morgan fingerprint density at radius 2 is 0.727 bits per heavy atom. The summed E-state index contributed by atoms with van der Waals surface area (Å²) in [6.45, 7) is 5.11. The zero-order chi connectivity index (χ0) is 49.0. The highest BCUT2D eigenvalue weighted by atomic mass is 19.2. The summed E-state index contributed by atoms with van der Waals surface area (Å²) in [5, 5.41) is 0. The van der Waals surface area contributed by atoms with E-state index < -0.39 is 144 Å². The molecule has 2 nitrogen and oxygen atoms in total. The summed E-state index contributed by atoms with van der Waals surface area (Å²) < 4.78 is 296. The largest absolute Gasteiger partial charge is 0.244 e. The van der Waals surface area contributed by atoms with Gasteiger partial charge in [-0.05, 0) is 25.5 Å². The Labute approximate surface area is 356 Å². The summed E-state index contributed by atoms with van der Waals surface area (Å²) >= 11 is 0. The van der Waals surface area contributed by atoms with Gasteiger partial charge in [-0.25, -0.2) is 92.8 Å². The molecule has 0 unspecified atom stereocenters. The van der Waals surface area contributed by atoms with Crippen LogP contribution in [-0.4, -0.2) is 11.1 Å². The second-order valence-electron chi connectivity index (χ2n) is 14.2. The Kier molecular flexibility index (Phi) is 13.3. The molecule has 1 heterocycles. The molecule has 0 aliphatic carbocycles. The van der Waals surface area contributed by atoms with Crippen LogP contribution in [-0.2, 0) is 6.54 Å². The number of hydrogen-bond donors (Lipinski definition) is 0.